The van der Waals surface area contributed by atoms with E-state index in [9.17, 15) is 0 Å². The van der Waals surface area contributed by atoms with Gasteiger partial charge in [-0.05, 0) is 63.0 Å². The Hall–Kier alpha value is -5.71. The first kappa shape index (κ1) is 25.8. The van der Waals surface area contributed by atoms with Crippen LogP contribution in [0.15, 0.2) is 152 Å². The first-order chi connectivity index (χ1) is 22.3. The average Bonchev–Trinajstić information content (AvgIpc) is 3.47. The van der Waals surface area contributed by atoms with Gasteiger partial charge >= 0.3 is 0 Å². The van der Waals surface area contributed by atoms with Crippen LogP contribution in [0.5, 0.6) is 0 Å². The van der Waals surface area contributed by atoms with Crippen LogP contribution in [0.2, 0.25) is 0 Å². The largest absolute Gasteiger partial charge is 0.208 e. The number of aromatic nitrogens is 3. The molecule has 9 aromatic rings. The van der Waals surface area contributed by atoms with Gasteiger partial charge in [-0.2, -0.15) is 0 Å². The maximum Gasteiger partial charge on any atom is 0.164 e. The summed E-state index contributed by atoms with van der Waals surface area (Å²) in [6.07, 6.45) is 0. The van der Waals surface area contributed by atoms with Gasteiger partial charge in [-0.1, -0.05) is 121 Å². The van der Waals surface area contributed by atoms with Gasteiger partial charge in [0, 0.05) is 36.9 Å². The van der Waals surface area contributed by atoms with Gasteiger partial charge in [0.05, 0.1) is 0 Å². The van der Waals surface area contributed by atoms with E-state index in [0.717, 1.165) is 33.0 Å². The topological polar surface area (TPSA) is 38.7 Å². The molecule has 7 aromatic carbocycles. The molecule has 2 heterocycles. The van der Waals surface area contributed by atoms with Crippen LogP contribution in [-0.2, 0) is 0 Å². The third-order valence-corrected chi connectivity index (χ3v) is 9.62. The zero-order chi connectivity index (χ0) is 29.7. The van der Waals surface area contributed by atoms with Crippen molar-refractivity contribution in [2.45, 2.75) is 0 Å². The van der Waals surface area contributed by atoms with Crippen molar-refractivity contribution >= 4 is 53.1 Å². The second kappa shape index (κ2) is 10.5. The predicted octanol–water partition coefficient (Wildman–Crippen LogP) is 11.2. The molecule has 0 aliphatic heterocycles. The Morgan fingerprint density at radius 1 is 0.333 bits per heavy atom. The molecule has 210 valence electrons. The van der Waals surface area contributed by atoms with Gasteiger partial charge in [0.15, 0.2) is 17.5 Å². The normalized spacial score (nSPS) is 11.6. The minimum atomic E-state index is 0.655. The Balaban J connectivity index is 1.19. The Bertz CT molecular complexity index is 2540. The smallest absolute Gasteiger partial charge is 0.164 e. The van der Waals surface area contributed by atoms with E-state index in [-0.39, 0.29) is 0 Å². The highest BCUT2D eigenvalue weighted by Gasteiger charge is 2.15. The number of rotatable bonds is 4. The molecular formula is C41H25N3S. The molecule has 0 bridgehead atoms. The number of hydrogen-bond acceptors (Lipinski definition) is 4. The summed E-state index contributed by atoms with van der Waals surface area (Å²) in [7, 11) is 0. The van der Waals surface area contributed by atoms with E-state index < -0.39 is 0 Å². The number of thiophene rings is 1. The molecule has 0 saturated carbocycles. The van der Waals surface area contributed by atoms with Crippen molar-refractivity contribution in [2.75, 3.05) is 0 Å². The fourth-order valence-electron chi connectivity index (χ4n) is 6.24. The first-order valence-corrected chi connectivity index (χ1v) is 15.8. The number of nitrogens with zero attached hydrogens (tertiary/aromatic N) is 3. The fourth-order valence-corrected chi connectivity index (χ4v) is 7.36. The molecule has 0 radical (unpaired) electrons. The number of fused-ring (bicyclic) bond motifs is 5. The highest BCUT2D eigenvalue weighted by molar-refractivity contribution is 7.25. The summed E-state index contributed by atoms with van der Waals surface area (Å²) in [4.78, 5) is 15.1. The summed E-state index contributed by atoms with van der Waals surface area (Å²) in [5.74, 6) is 1.98. The van der Waals surface area contributed by atoms with Gasteiger partial charge in [-0.25, -0.2) is 15.0 Å². The van der Waals surface area contributed by atoms with Crippen molar-refractivity contribution in [1.29, 1.82) is 0 Å². The molecule has 0 fully saturated rings. The van der Waals surface area contributed by atoms with Crippen molar-refractivity contribution in [3.05, 3.63) is 152 Å². The van der Waals surface area contributed by atoms with E-state index in [1.165, 1.54) is 36.5 Å². The van der Waals surface area contributed by atoms with Gasteiger partial charge in [0.2, 0.25) is 0 Å². The number of hydrogen-bond donors (Lipinski definition) is 0. The zero-order valence-electron chi connectivity index (χ0n) is 24.2. The van der Waals surface area contributed by atoms with E-state index in [1.807, 2.05) is 41.7 Å². The molecule has 0 aliphatic rings. The SMILES string of the molecule is c1ccc(-c2nc(-c3cccc(-c4ccc5sc6cc7ccccc7cc6c5c4)c3)nc(-c3cccc4ccccc34)n2)cc1. The van der Waals surface area contributed by atoms with Crippen molar-refractivity contribution < 1.29 is 0 Å². The first-order valence-electron chi connectivity index (χ1n) is 15.0. The van der Waals surface area contributed by atoms with Crippen molar-refractivity contribution in [3.63, 3.8) is 0 Å². The third kappa shape index (κ3) is 4.55. The number of benzene rings is 7. The lowest BCUT2D eigenvalue weighted by atomic mass is 9.99. The van der Waals surface area contributed by atoms with Crippen LogP contribution in [0.1, 0.15) is 0 Å². The van der Waals surface area contributed by atoms with Crippen molar-refractivity contribution in [1.82, 2.24) is 15.0 Å². The second-order valence-electron chi connectivity index (χ2n) is 11.3. The van der Waals surface area contributed by atoms with Gasteiger partial charge in [0.1, 0.15) is 0 Å². The molecule has 0 amide bonds. The predicted molar refractivity (Wildman–Crippen MR) is 189 cm³/mol. The standard InChI is InChI=1S/C41H25N3S/c1-2-11-27(12-3-1)39-42-40(44-41(43-39)34-19-9-15-26-10-6-7-18-33(26)34)32-17-8-16-28(22-32)31-20-21-37-35(24-31)36-23-29-13-4-5-14-30(29)25-38(36)45-37/h1-25H. The summed E-state index contributed by atoms with van der Waals surface area (Å²) in [5, 5.41) is 7.41. The van der Waals surface area contributed by atoms with Crippen LogP contribution < -0.4 is 0 Å². The Kier molecular flexibility index (Phi) is 6.00. The zero-order valence-corrected chi connectivity index (χ0v) is 25.0. The third-order valence-electron chi connectivity index (χ3n) is 8.49. The summed E-state index contributed by atoms with van der Waals surface area (Å²) < 4.78 is 2.61. The van der Waals surface area contributed by atoms with Crippen LogP contribution in [0.25, 0.3) is 87.0 Å². The summed E-state index contributed by atoms with van der Waals surface area (Å²) in [6.45, 7) is 0. The quantitative estimate of drug-likeness (QED) is 0.204. The molecule has 0 saturated heterocycles. The molecule has 0 N–H and O–H groups in total. The monoisotopic (exact) mass is 591 g/mol. The molecule has 9 rings (SSSR count). The molecule has 0 atom stereocenters. The Morgan fingerprint density at radius 2 is 0.933 bits per heavy atom. The molecule has 2 aromatic heterocycles. The fraction of sp³-hybridized carbons (Fsp3) is 0. The Labute approximate surface area is 264 Å². The molecule has 3 nitrogen and oxygen atoms in total. The van der Waals surface area contributed by atoms with Crippen LogP contribution in [-0.4, -0.2) is 15.0 Å². The lowest BCUT2D eigenvalue weighted by Crippen LogP contribution is -2.00. The van der Waals surface area contributed by atoms with Crippen LogP contribution >= 0.6 is 11.3 Å². The Morgan fingerprint density at radius 3 is 1.80 bits per heavy atom. The van der Waals surface area contributed by atoms with Crippen LogP contribution in [0, 0.1) is 0 Å². The van der Waals surface area contributed by atoms with Gasteiger partial charge in [0.25, 0.3) is 0 Å². The minimum Gasteiger partial charge on any atom is -0.208 e. The molecule has 4 heteroatoms. The highest BCUT2D eigenvalue weighted by atomic mass is 32.1. The van der Waals surface area contributed by atoms with Crippen LogP contribution in [0.4, 0.5) is 0 Å². The molecular weight excluding hydrogens is 567 g/mol. The van der Waals surface area contributed by atoms with Gasteiger partial charge < -0.3 is 0 Å². The van der Waals surface area contributed by atoms with Gasteiger partial charge in [-0.3, -0.25) is 0 Å². The van der Waals surface area contributed by atoms with E-state index in [2.05, 4.69) is 121 Å². The second-order valence-corrected chi connectivity index (χ2v) is 12.4. The summed E-state index contributed by atoms with van der Waals surface area (Å²) in [6, 6.07) is 53.4. The maximum atomic E-state index is 5.08. The van der Waals surface area contributed by atoms with E-state index in [4.69, 9.17) is 15.0 Å². The van der Waals surface area contributed by atoms with Crippen molar-refractivity contribution in [2.24, 2.45) is 0 Å². The van der Waals surface area contributed by atoms with E-state index >= 15 is 0 Å². The molecule has 0 aliphatic carbocycles. The van der Waals surface area contributed by atoms with E-state index in [1.54, 1.807) is 0 Å². The van der Waals surface area contributed by atoms with Crippen molar-refractivity contribution in [3.8, 4) is 45.3 Å². The van der Waals surface area contributed by atoms with E-state index in [0.29, 0.717) is 17.5 Å². The lowest BCUT2D eigenvalue weighted by molar-refractivity contribution is 1.08. The van der Waals surface area contributed by atoms with Crippen LogP contribution in [0.3, 0.4) is 0 Å². The molecule has 0 spiro atoms. The summed E-state index contributed by atoms with van der Waals surface area (Å²) in [5.41, 5.74) is 5.20. The molecule has 0 unspecified atom stereocenters. The lowest BCUT2D eigenvalue weighted by Gasteiger charge is -2.11. The maximum absolute atomic E-state index is 5.08. The summed E-state index contributed by atoms with van der Waals surface area (Å²) >= 11 is 1.85. The van der Waals surface area contributed by atoms with Gasteiger partial charge in [-0.15, -0.1) is 11.3 Å². The molecule has 45 heavy (non-hydrogen) atoms. The highest BCUT2D eigenvalue weighted by Crippen LogP contribution is 2.39. The average molecular weight is 592 g/mol. The minimum absolute atomic E-state index is 0.655.